The summed E-state index contributed by atoms with van der Waals surface area (Å²) in [7, 11) is 0. The van der Waals surface area contributed by atoms with Crippen molar-refractivity contribution < 1.29 is 13.9 Å². The van der Waals surface area contributed by atoms with E-state index >= 15 is 0 Å². The van der Waals surface area contributed by atoms with Crippen molar-refractivity contribution in [1.82, 2.24) is 9.88 Å². The van der Waals surface area contributed by atoms with E-state index in [2.05, 4.69) is 18.0 Å². The number of aromatic nitrogens is 1. The largest absolute Gasteiger partial charge is 0.490 e. The van der Waals surface area contributed by atoms with Crippen molar-refractivity contribution in [2.24, 2.45) is 0 Å². The molecular weight excluding hydrogens is 352 g/mol. The molecule has 1 atom stereocenters. The molecule has 2 aromatic heterocycles. The Morgan fingerprint density at radius 2 is 2.11 bits per heavy atom. The van der Waals surface area contributed by atoms with Gasteiger partial charge in [-0.05, 0) is 31.0 Å². The molecule has 1 fully saturated rings. The van der Waals surface area contributed by atoms with Crippen molar-refractivity contribution in [2.75, 3.05) is 19.7 Å². The van der Waals surface area contributed by atoms with E-state index in [9.17, 15) is 4.79 Å². The van der Waals surface area contributed by atoms with Crippen molar-refractivity contribution in [3.05, 3.63) is 36.2 Å². The number of carbonyl (C=O) groups is 1. The molecule has 0 N–H and O–H groups in total. The number of pyridine rings is 1. The number of hydrogen-bond donors (Lipinski definition) is 0. The van der Waals surface area contributed by atoms with Crippen molar-refractivity contribution in [3.8, 4) is 5.75 Å². The van der Waals surface area contributed by atoms with Gasteiger partial charge in [-0.2, -0.15) is 0 Å². The van der Waals surface area contributed by atoms with E-state index in [-0.39, 0.29) is 11.8 Å². The molecule has 5 nitrogen and oxygen atoms in total. The van der Waals surface area contributed by atoms with Gasteiger partial charge in [0.15, 0.2) is 16.9 Å². The van der Waals surface area contributed by atoms with Gasteiger partial charge in [-0.15, -0.1) is 0 Å². The van der Waals surface area contributed by atoms with E-state index in [1.807, 2.05) is 24.0 Å². The molecule has 3 aromatic rings. The highest BCUT2D eigenvalue weighted by Gasteiger charge is 2.32. The molecule has 1 aliphatic heterocycles. The van der Waals surface area contributed by atoms with Crippen LogP contribution in [0.4, 0.5) is 0 Å². The molecule has 0 bridgehead atoms. The molecule has 1 aliphatic rings. The zero-order valence-corrected chi connectivity index (χ0v) is 16.7. The van der Waals surface area contributed by atoms with Gasteiger partial charge in [-0.25, -0.2) is 0 Å². The minimum Gasteiger partial charge on any atom is -0.490 e. The van der Waals surface area contributed by atoms with Crippen LogP contribution in [0.2, 0.25) is 0 Å². The summed E-state index contributed by atoms with van der Waals surface area (Å²) in [5.41, 5.74) is 2.69. The molecule has 1 saturated heterocycles. The molecule has 1 aromatic carbocycles. The number of hydrogen-bond acceptors (Lipinski definition) is 4. The number of rotatable bonds is 8. The summed E-state index contributed by atoms with van der Waals surface area (Å²) >= 11 is 0. The van der Waals surface area contributed by atoms with E-state index in [0.717, 1.165) is 47.2 Å². The SMILES string of the molecule is CCCCCCN1CC(c2ccc(OCC)c3oc4cnccc4c23)CC1=O. The fraction of sp³-hybridized carbons (Fsp3) is 0.478. The topological polar surface area (TPSA) is 55.6 Å². The van der Waals surface area contributed by atoms with Gasteiger partial charge in [0, 0.05) is 42.4 Å². The number of ether oxygens (including phenoxy) is 1. The lowest BCUT2D eigenvalue weighted by molar-refractivity contribution is -0.127. The van der Waals surface area contributed by atoms with Crippen LogP contribution < -0.4 is 4.74 Å². The summed E-state index contributed by atoms with van der Waals surface area (Å²) in [4.78, 5) is 18.8. The van der Waals surface area contributed by atoms with Crippen LogP contribution >= 0.6 is 0 Å². The fourth-order valence-electron chi connectivity index (χ4n) is 4.27. The van der Waals surface area contributed by atoms with Crippen LogP contribution in [0.25, 0.3) is 21.9 Å². The summed E-state index contributed by atoms with van der Waals surface area (Å²) in [6.45, 7) is 6.41. The highest BCUT2D eigenvalue weighted by atomic mass is 16.5. The maximum atomic E-state index is 12.6. The molecule has 0 radical (unpaired) electrons. The van der Waals surface area contributed by atoms with E-state index in [1.165, 1.54) is 24.8 Å². The smallest absolute Gasteiger partial charge is 0.223 e. The van der Waals surface area contributed by atoms with E-state index in [4.69, 9.17) is 9.15 Å². The van der Waals surface area contributed by atoms with Gasteiger partial charge >= 0.3 is 0 Å². The van der Waals surface area contributed by atoms with Crippen LogP contribution in [0.5, 0.6) is 5.75 Å². The predicted molar refractivity (Wildman–Crippen MR) is 111 cm³/mol. The highest BCUT2D eigenvalue weighted by molar-refractivity contribution is 6.08. The lowest BCUT2D eigenvalue weighted by Gasteiger charge is -2.17. The maximum absolute atomic E-state index is 12.6. The Morgan fingerprint density at radius 1 is 1.21 bits per heavy atom. The van der Waals surface area contributed by atoms with Crippen molar-refractivity contribution in [1.29, 1.82) is 0 Å². The second-order valence-electron chi connectivity index (χ2n) is 7.57. The van der Waals surface area contributed by atoms with Crippen LogP contribution in [0.15, 0.2) is 35.0 Å². The van der Waals surface area contributed by atoms with Crippen LogP contribution in [0.3, 0.4) is 0 Å². The number of furan rings is 1. The molecule has 28 heavy (non-hydrogen) atoms. The normalized spacial score (nSPS) is 17.1. The molecule has 148 valence electrons. The van der Waals surface area contributed by atoms with Gasteiger partial charge in [0.25, 0.3) is 0 Å². The zero-order valence-electron chi connectivity index (χ0n) is 16.7. The zero-order chi connectivity index (χ0) is 19.5. The van der Waals surface area contributed by atoms with Crippen LogP contribution in [-0.4, -0.2) is 35.5 Å². The van der Waals surface area contributed by atoms with Crippen LogP contribution in [-0.2, 0) is 4.79 Å². The van der Waals surface area contributed by atoms with Gasteiger partial charge in [0.2, 0.25) is 5.91 Å². The summed E-state index contributed by atoms with van der Waals surface area (Å²) in [5.74, 6) is 1.20. The summed E-state index contributed by atoms with van der Waals surface area (Å²) in [5, 5.41) is 2.10. The minimum absolute atomic E-state index is 0.186. The molecule has 1 amide bonds. The van der Waals surface area contributed by atoms with Gasteiger partial charge in [-0.3, -0.25) is 9.78 Å². The Morgan fingerprint density at radius 3 is 2.93 bits per heavy atom. The highest BCUT2D eigenvalue weighted by Crippen LogP contribution is 2.41. The van der Waals surface area contributed by atoms with Crippen LogP contribution in [0.1, 0.15) is 57.4 Å². The maximum Gasteiger partial charge on any atom is 0.223 e. The molecule has 5 heteroatoms. The van der Waals surface area contributed by atoms with Crippen molar-refractivity contribution >= 4 is 27.8 Å². The number of unbranched alkanes of at least 4 members (excludes halogenated alkanes) is 3. The van der Waals surface area contributed by atoms with E-state index < -0.39 is 0 Å². The van der Waals surface area contributed by atoms with Crippen molar-refractivity contribution in [2.45, 2.75) is 51.9 Å². The number of carbonyl (C=O) groups excluding carboxylic acids is 1. The molecule has 4 rings (SSSR count). The number of benzene rings is 1. The average molecular weight is 380 g/mol. The van der Waals surface area contributed by atoms with E-state index in [1.54, 1.807) is 12.4 Å². The quantitative estimate of drug-likeness (QED) is 0.499. The second kappa shape index (κ2) is 8.21. The number of likely N-dealkylation sites (tertiary alicyclic amines) is 1. The molecule has 0 saturated carbocycles. The lowest BCUT2D eigenvalue weighted by atomic mass is 9.93. The minimum atomic E-state index is 0.186. The Labute approximate surface area is 165 Å². The van der Waals surface area contributed by atoms with Gasteiger partial charge in [-0.1, -0.05) is 32.3 Å². The van der Waals surface area contributed by atoms with Gasteiger partial charge < -0.3 is 14.1 Å². The first kappa shape index (κ1) is 18.8. The molecule has 0 aliphatic carbocycles. The Kier molecular flexibility index (Phi) is 5.51. The first-order valence-corrected chi connectivity index (χ1v) is 10.4. The molecule has 1 unspecified atom stereocenters. The predicted octanol–water partition coefficient (Wildman–Crippen LogP) is 5.28. The first-order valence-electron chi connectivity index (χ1n) is 10.4. The third-order valence-electron chi connectivity index (χ3n) is 5.66. The third kappa shape index (κ3) is 3.46. The van der Waals surface area contributed by atoms with Gasteiger partial charge in [0.05, 0.1) is 12.8 Å². The average Bonchev–Trinajstić information content (AvgIpc) is 3.27. The molecule has 0 spiro atoms. The lowest BCUT2D eigenvalue weighted by Crippen LogP contribution is -2.26. The standard InChI is InChI=1S/C23H28N2O3/c1-3-5-6-7-12-25-15-16(13-21(25)26)17-8-9-19(27-4-2)23-22(17)18-10-11-24-14-20(18)28-23/h8-11,14,16H,3-7,12-13,15H2,1-2H3. The van der Waals surface area contributed by atoms with Crippen molar-refractivity contribution in [3.63, 3.8) is 0 Å². The first-order chi connectivity index (χ1) is 13.7. The Balaban J connectivity index is 1.67. The second-order valence-corrected chi connectivity index (χ2v) is 7.57. The Hall–Kier alpha value is -2.56. The monoisotopic (exact) mass is 380 g/mol. The fourth-order valence-corrected chi connectivity index (χ4v) is 4.27. The van der Waals surface area contributed by atoms with E-state index in [0.29, 0.717) is 13.0 Å². The number of amides is 1. The summed E-state index contributed by atoms with van der Waals surface area (Å²) in [6, 6.07) is 6.08. The number of nitrogens with zero attached hydrogens (tertiary/aromatic N) is 2. The molecular formula is C23H28N2O3. The molecule has 3 heterocycles. The van der Waals surface area contributed by atoms with Gasteiger partial charge in [0.1, 0.15) is 0 Å². The number of fused-ring (bicyclic) bond motifs is 3. The third-order valence-corrected chi connectivity index (χ3v) is 5.66. The van der Waals surface area contributed by atoms with Crippen LogP contribution in [0, 0.1) is 0 Å². The summed E-state index contributed by atoms with van der Waals surface area (Å²) in [6.07, 6.45) is 8.82. The Bertz CT molecular complexity index is 979. The summed E-state index contributed by atoms with van der Waals surface area (Å²) < 4.78 is 11.9.